The van der Waals surface area contributed by atoms with E-state index in [1.54, 1.807) is 18.5 Å². The number of aliphatic hydroxyl groups is 1. The molecule has 3 heterocycles. The maximum Gasteiger partial charge on any atom is 0.323 e. The summed E-state index contributed by atoms with van der Waals surface area (Å²) in [6, 6.07) is 18.0. The molecule has 1 fully saturated rings. The van der Waals surface area contributed by atoms with Gasteiger partial charge in [-0.05, 0) is 54.4 Å². The van der Waals surface area contributed by atoms with Crippen molar-refractivity contribution in [3.8, 4) is 5.75 Å². The number of fused-ring (bicyclic) bond motifs is 3. The number of ether oxygens (including phenoxy) is 2. The number of aromatic nitrogens is 1. The monoisotopic (exact) mass is 488 g/mol. The number of urea groups is 1. The van der Waals surface area contributed by atoms with Gasteiger partial charge in [-0.25, -0.2) is 4.79 Å². The van der Waals surface area contributed by atoms with Crippen molar-refractivity contribution in [2.24, 2.45) is 0 Å². The van der Waals surface area contributed by atoms with Gasteiger partial charge < -0.3 is 30.5 Å². The van der Waals surface area contributed by atoms with E-state index in [2.05, 4.69) is 20.9 Å². The maximum absolute atomic E-state index is 12.6. The average Bonchev–Trinajstić information content (AvgIpc) is 3.26. The Labute approximate surface area is 208 Å². The number of aliphatic hydroxyl groups excluding tert-OH is 1. The molecule has 2 aromatic carbocycles. The zero-order chi connectivity index (χ0) is 24.9. The van der Waals surface area contributed by atoms with Crippen molar-refractivity contribution in [2.45, 2.75) is 43.6 Å². The lowest BCUT2D eigenvalue weighted by Gasteiger charge is -2.37. The predicted octanol–water partition coefficient (Wildman–Crippen LogP) is 3.43. The van der Waals surface area contributed by atoms with E-state index in [0.29, 0.717) is 30.1 Å². The average molecular weight is 489 g/mol. The summed E-state index contributed by atoms with van der Waals surface area (Å²) < 4.78 is 12.1. The summed E-state index contributed by atoms with van der Waals surface area (Å²) >= 11 is 0. The quantitative estimate of drug-likeness (QED) is 0.404. The maximum atomic E-state index is 12.6. The van der Waals surface area contributed by atoms with E-state index in [9.17, 15) is 14.7 Å². The summed E-state index contributed by atoms with van der Waals surface area (Å²) in [7, 11) is 0. The summed E-state index contributed by atoms with van der Waals surface area (Å²) in [5.41, 5.74) is 3.22. The van der Waals surface area contributed by atoms with Crippen LogP contribution in [0, 0.1) is 0 Å². The first-order valence-corrected chi connectivity index (χ1v) is 11.9. The number of para-hydroxylation sites is 1. The third kappa shape index (κ3) is 5.48. The second-order valence-corrected chi connectivity index (χ2v) is 8.94. The van der Waals surface area contributed by atoms with Crippen molar-refractivity contribution >= 4 is 23.3 Å². The minimum Gasteiger partial charge on any atom is -0.487 e. The van der Waals surface area contributed by atoms with Gasteiger partial charge in [0.2, 0.25) is 5.91 Å². The normalized spacial score (nSPS) is 22.0. The highest BCUT2D eigenvalue weighted by atomic mass is 16.6. The lowest BCUT2D eigenvalue weighted by Crippen LogP contribution is -2.47. The SMILES string of the molecule is O=C(C[C@H]1C[C@@H]2c3cc(NC(=O)Nc4ccccc4)ccc3O[C@@H]2[C@@H](CO)O1)NCc1ccncc1. The Morgan fingerprint density at radius 2 is 1.78 bits per heavy atom. The molecule has 186 valence electrons. The molecule has 2 aliphatic rings. The highest BCUT2D eigenvalue weighted by molar-refractivity contribution is 5.99. The van der Waals surface area contributed by atoms with Crippen molar-refractivity contribution < 1.29 is 24.2 Å². The third-order valence-electron chi connectivity index (χ3n) is 6.44. The van der Waals surface area contributed by atoms with Gasteiger partial charge in [-0.1, -0.05) is 18.2 Å². The molecule has 0 unspecified atom stereocenters. The molecule has 0 spiro atoms. The fraction of sp³-hybridized carbons (Fsp3) is 0.296. The molecule has 0 radical (unpaired) electrons. The van der Waals surface area contributed by atoms with Crippen molar-refractivity contribution in [2.75, 3.05) is 17.2 Å². The standard InChI is InChI=1S/C27H28N4O5/c32-16-24-26-22(13-20(35-24)14-25(33)29-15-17-8-10-28-11-9-17)21-12-19(6-7-23(21)36-26)31-27(34)30-18-4-2-1-3-5-18/h1-12,20,22,24,26,32H,13-16H2,(H,29,33)(H2,30,31,34)/t20-,22-,24-,26+/m1/s1. The van der Waals surface area contributed by atoms with Gasteiger partial charge in [0.05, 0.1) is 19.1 Å². The first-order valence-electron chi connectivity index (χ1n) is 11.9. The minimum atomic E-state index is -0.549. The number of hydrogen-bond acceptors (Lipinski definition) is 6. The summed E-state index contributed by atoms with van der Waals surface area (Å²) in [6.45, 7) is 0.199. The van der Waals surface area contributed by atoms with Gasteiger partial charge >= 0.3 is 6.03 Å². The lowest BCUT2D eigenvalue weighted by atomic mass is 9.84. The van der Waals surface area contributed by atoms with Gasteiger partial charge in [0, 0.05) is 41.8 Å². The van der Waals surface area contributed by atoms with Crippen molar-refractivity contribution in [1.82, 2.24) is 10.3 Å². The van der Waals surface area contributed by atoms with Crippen LogP contribution in [0.1, 0.15) is 29.9 Å². The molecule has 0 bridgehead atoms. The fourth-order valence-electron chi connectivity index (χ4n) is 4.76. The van der Waals surface area contributed by atoms with Crippen LogP contribution >= 0.6 is 0 Å². The molecule has 5 rings (SSSR count). The van der Waals surface area contributed by atoms with Crippen LogP contribution in [0.15, 0.2) is 73.1 Å². The number of nitrogens with one attached hydrogen (secondary N) is 3. The van der Waals surface area contributed by atoms with E-state index in [1.165, 1.54) is 0 Å². The lowest BCUT2D eigenvalue weighted by molar-refractivity contribution is -0.142. The molecule has 1 saturated heterocycles. The summed E-state index contributed by atoms with van der Waals surface area (Å²) in [5, 5.41) is 18.5. The molecule has 36 heavy (non-hydrogen) atoms. The molecule has 9 nitrogen and oxygen atoms in total. The number of pyridine rings is 1. The smallest absolute Gasteiger partial charge is 0.323 e. The predicted molar refractivity (Wildman–Crippen MR) is 134 cm³/mol. The van der Waals surface area contributed by atoms with E-state index >= 15 is 0 Å². The number of amides is 3. The number of rotatable bonds is 7. The zero-order valence-corrected chi connectivity index (χ0v) is 19.6. The molecule has 2 aliphatic heterocycles. The van der Waals surface area contributed by atoms with Crippen LogP contribution < -0.4 is 20.7 Å². The Balaban J connectivity index is 1.24. The van der Waals surface area contributed by atoms with Crippen LogP contribution in [0.2, 0.25) is 0 Å². The Bertz CT molecular complexity index is 1210. The minimum absolute atomic E-state index is 0.0668. The van der Waals surface area contributed by atoms with E-state index in [0.717, 1.165) is 11.1 Å². The third-order valence-corrected chi connectivity index (χ3v) is 6.44. The van der Waals surface area contributed by atoms with E-state index < -0.39 is 6.10 Å². The number of benzene rings is 2. The van der Waals surface area contributed by atoms with Gasteiger partial charge in [0.15, 0.2) is 0 Å². The first kappa shape index (κ1) is 23.8. The van der Waals surface area contributed by atoms with Gasteiger partial charge in [0.25, 0.3) is 0 Å². The second kappa shape index (κ2) is 10.8. The Hall–Kier alpha value is -3.95. The van der Waals surface area contributed by atoms with E-state index in [-0.39, 0.29) is 43.1 Å². The molecule has 9 heteroatoms. The number of anilines is 2. The first-order chi connectivity index (χ1) is 17.6. The molecular weight excluding hydrogens is 460 g/mol. The van der Waals surface area contributed by atoms with Gasteiger partial charge in [0.1, 0.15) is 18.0 Å². The molecule has 4 atom stereocenters. The van der Waals surface area contributed by atoms with Crippen molar-refractivity contribution in [3.63, 3.8) is 0 Å². The van der Waals surface area contributed by atoms with Gasteiger partial charge in [-0.2, -0.15) is 0 Å². The molecule has 3 amide bonds. The van der Waals surface area contributed by atoms with Crippen molar-refractivity contribution in [3.05, 3.63) is 84.2 Å². The molecule has 0 saturated carbocycles. The topological polar surface area (TPSA) is 122 Å². The van der Waals surface area contributed by atoms with Crippen LogP contribution in [-0.4, -0.2) is 46.9 Å². The summed E-state index contributed by atoms with van der Waals surface area (Å²) in [6.07, 6.45) is 2.84. The Morgan fingerprint density at radius 3 is 2.56 bits per heavy atom. The highest BCUT2D eigenvalue weighted by Crippen LogP contribution is 2.47. The number of carbonyl (C=O) groups is 2. The molecule has 0 aliphatic carbocycles. The Morgan fingerprint density at radius 1 is 1.00 bits per heavy atom. The largest absolute Gasteiger partial charge is 0.487 e. The Kier molecular flexibility index (Phi) is 7.11. The molecule has 1 aromatic heterocycles. The van der Waals surface area contributed by atoms with Crippen LogP contribution in [0.4, 0.5) is 16.2 Å². The van der Waals surface area contributed by atoms with Gasteiger partial charge in [-0.3, -0.25) is 9.78 Å². The van der Waals surface area contributed by atoms with Crippen LogP contribution in [-0.2, 0) is 16.1 Å². The van der Waals surface area contributed by atoms with Crippen LogP contribution in [0.5, 0.6) is 5.75 Å². The highest BCUT2D eigenvalue weighted by Gasteiger charge is 2.46. The number of hydrogen-bond donors (Lipinski definition) is 4. The van der Waals surface area contributed by atoms with E-state index in [4.69, 9.17) is 9.47 Å². The van der Waals surface area contributed by atoms with Gasteiger partial charge in [-0.15, -0.1) is 0 Å². The second-order valence-electron chi connectivity index (χ2n) is 8.94. The summed E-state index contributed by atoms with van der Waals surface area (Å²) in [4.78, 5) is 29.0. The van der Waals surface area contributed by atoms with Crippen LogP contribution in [0.25, 0.3) is 0 Å². The summed E-state index contributed by atoms with van der Waals surface area (Å²) in [5.74, 6) is 0.505. The molecule has 3 aromatic rings. The fourth-order valence-corrected chi connectivity index (χ4v) is 4.76. The molecule has 4 N–H and O–H groups in total. The van der Waals surface area contributed by atoms with Crippen LogP contribution in [0.3, 0.4) is 0 Å². The van der Waals surface area contributed by atoms with Crippen molar-refractivity contribution in [1.29, 1.82) is 0 Å². The van der Waals surface area contributed by atoms with E-state index in [1.807, 2.05) is 54.6 Å². The zero-order valence-electron chi connectivity index (χ0n) is 19.6. The number of nitrogens with zero attached hydrogens (tertiary/aromatic N) is 1. The molecular formula is C27H28N4O5. The number of carbonyl (C=O) groups excluding carboxylic acids is 2.